The minimum absolute atomic E-state index is 0.0412. The molecule has 2 saturated carbocycles. The van der Waals surface area contributed by atoms with Crippen LogP contribution >= 0.6 is 0 Å². The number of nitrogens with zero attached hydrogens (tertiary/aromatic N) is 2. The second-order valence-electron chi connectivity index (χ2n) is 17.4. The second kappa shape index (κ2) is 17.0. The van der Waals surface area contributed by atoms with Crippen LogP contribution in [0, 0.1) is 22.7 Å². The van der Waals surface area contributed by atoms with Gasteiger partial charge >= 0.3 is 6.09 Å². The molecule has 2 aliphatic carbocycles. The fourth-order valence-electron chi connectivity index (χ4n) is 7.64. The highest BCUT2D eigenvalue weighted by molar-refractivity contribution is 6.38. The van der Waals surface area contributed by atoms with E-state index in [-0.39, 0.29) is 23.8 Å². The van der Waals surface area contributed by atoms with E-state index in [1.54, 1.807) is 71.9 Å². The number of carbonyl (C=O) groups is 7. The number of ether oxygens (including phenoxy) is 1. The third-order valence-corrected chi connectivity index (χ3v) is 10.5. The highest BCUT2D eigenvalue weighted by atomic mass is 19.3. The summed E-state index contributed by atoms with van der Waals surface area (Å²) >= 11 is 0. The summed E-state index contributed by atoms with van der Waals surface area (Å²) < 4.78 is 32.4. The average molecular weight is 775 g/mol. The van der Waals surface area contributed by atoms with Crippen molar-refractivity contribution in [3.8, 4) is 0 Å². The molecule has 16 heteroatoms. The molecule has 1 unspecified atom stereocenters. The Balaban J connectivity index is 1.51. The van der Waals surface area contributed by atoms with Gasteiger partial charge in [-0.1, -0.05) is 51.1 Å². The third kappa shape index (κ3) is 11.2. The van der Waals surface area contributed by atoms with Gasteiger partial charge in [0.25, 0.3) is 5.91 Å². The van der Waals surface area contributed by atoms with Gasteiger partial charge < -0.3 is 35.8 Å². The Hall–Kier alpha value is -4.63. The summed E-state index contributed by atoms with van der Waals surface area (Å²) in [5.74, 6) is -5.42. The van der Waals surface area contributed by atoms with Crippen molar-refractivity contribution in [1.82, 2.24) is 31.1 Å². The van der Waals surface area contributed by atoms with E-state index in [0.29, 0.717) is 12.0 Å². The number of alkyl halides is 2. The first kappa shape index (κ1) is 43.1. The normalized spacial score (nSPS) is 21.5. The van der Waals surface area contributed by atoms with Gasteiger partial charge in [0.2, 0.25) is 35.8 Å². The zero-order chi connectivity index (χ0) is 41.0. The fourth-order valence-corrected chi connectivity index (χ4v) is 7.64. The van der Waals surface area contributed by atoms with Gasteiger partial charge in [0.05, 0.1) is 12.6 Å². The van der Waals surface area contributed by atoms with Crippen molar-refractivity contribution in [2.24, 2.45) is 22.7 Å². The molecule has 1 spiro atoms. The van der Waals surface area contributed by atoms with Crippen LogP contribution in [0.3, 0.4) is 0 Å². The lowest BCUT2D eigenvalue weighted by Gasteiger charge is -2.37. The first-order valence-corrected chi connectivity index (χ1v) is 18.8. The summed E-state index contributed by atoms with van der Waals surface area (Å²) in [6.07, 6.45) is -1.62. The van der Waals surface area contributed by atoms with Gasteiger partial charge in [0, 0.05) is 27.1 Å². The second-order valence-corrected chi connectivity index (χ2v) is 17.4. The molecule has 3 aliphatic rings. The number of likely N-dealkylation sites (N-methyl/N-ethyl adjacent to an activating group) is 1. The van der Waals surface area contributed by atoms with Gasteiger partial charge in [-0.15, -0.1) is 0 Å². The Bertz CT molecular complexity index is 1620. The molecule has 1 heterocycles. The number of hydrogen-bond donors (Lipinski definition) is 4. The van der Waals surface area contributed by atoms with E-state index in [9.17, 15) is 42.3 Å². The number of Topliss-reactive ketones (excluding diaryl/α,β-unsaturated/α-hetero) is 1. The number of nitrogens with one attached hydrogen (secondary N) is 4. The van der Waals surface area contributed by atoms with Gasteiger partial charge in [-0.2, -0.15) is 0 Å². The predicted molar refractivity (Wildman–Crippen MR) is 197 cm³/mol. The maximum atomic E-state index is 14.3. The number of benzene rings is 1. The van der Waals surface area contributed by atoms with E-state index in [2.05, 4.69) is 21.3 Å². The number of halogens is 2. The lowest BCUT2D eigenvalue weighted by molar-refractivity contribution is -0.145. The van der Waals surface area contributed by atoms with E-state index < -0.39 is 102 Å². The van der Waals surface area contributed by atoms with Crippen molar-refractivity contribution in [3.63, 3.8) is 0 Å². The molecule has 0 bridgehead atoms. The molecular formula is C39H56F2N6O8. The zero-order valence-electron chi connectivity index (χ0n) is 33.0. The summed E-state index contributed by atoms with van der Waals surface area (Å²) in [6, 6.07) is 3.42. The van der Waals surface area contributed by atoms with E-state index in [4.69, 9.17) is 4.74 Å². The van der Waals surface area contributed by atoms with Crippen LogP contribution in [0.1, 0.15) is 91.7 Å². The summed E-state index contributed by atoms with van der Waals surface area (Å²) in [4.78, 5) is 96.5. The first-order valence-electron chi connectivity index (χ1n) is 18.8. The molecule has 0 radical (unpaired) electrons. The molecule has 6 amide bonds. The van der Waals surface area contributed by atoms with Gasteiger partial charge in [-0.3, -0.25) is 28.8 Å². The number of likely N-dealkylation sites (tertiary alicyclic amines) is 1. The van der Waals surface area contributed by atoms with Crippen molar-refractivity contribution < 1.29 is 47.1 Å². The van der Waals surface area contributed by atoms with Crippen molar-refractivity contribution in [2.75, 3.05) is 27.2 Å². The first-order chi connectivity index (χ1) is 25.5. The van der Waals surface area contributed by atoms with Crippen LogP contribution in [0.4, 0.5) is 13.6 Å². The van der Waals surface area contributed by atoms with Crippen molar-refractivity contribution in [2.45, 2.75) is 116 Å². The third-order valence-electron chi connectivity index (χ3n) is 10.5. The van der Waals surface area contributed by atoms with E-state index >= 15 is 0 Å². The van der Waals surface area contributed by atoms with Gasteiger partial charge in [-0.05, 0) is 81.1 Å². The molecule has 1 aromatic carbocycles. The predicted octanol–water partition coefficient (Wildman–Crippen LogP) is 3.10. The van der Waals surface area contributed by atoms with E-state index in [0.717, 1.165) is 19.3 Å². The zero-order valence-corrected chi connectivity index (χ0v) is 33.0. The van der Waals surface area contributed by atoms with Crippen LogP contribution in [0.2, 0.25) is 0 Å². The van der Waals surface area contributed by atoms with E-state index in [1.165, 1.54) is 23.9 Å². The largest absolute Gasteiger partial charge is 0.444 e. The Morgan fingerprint density at radius 1 is 0.909 bits per heavy atom. The van der Waals surface area contributed by atoms with Crippen LogP contribution in [0.15, 0.2) is 30.3 Å². The number of rotatable bonds is 14. The Morgan fingerprint density at radius 3 is 2.09 bits per heavy atom. The van der Waals surface area contributed by atoms with Crippen molar-refractivity contribution >= 4 is 41.4 Å². The summed E-state index contributed by atoms with van der Waals surface area (Å²) in [6.45, 7) is 9.85. The number of fused-ring (bicyclic) bond motifs is 1. The molecule has 4 N–H and O–H groups in total. The highest BCUT2D eigenvalue weighted by Gasteiger charge is 2.61. The molecule has 1 saturated heterocycles. The number of ketones is 1. The van der Waals surface area contributed by atoms with Crippen LogP contribution < -0.4 is 21.3 Å². The van der Waals surface area contributed by atoms with Gasteiger partial charge in [0.15, 0.2) is 0 Å². The Morgan fingerprint density at radius 2 is 1.55 bits per heavy atom. The maximum Gasteiger partial charge on any atom is 0.408 e. The minimum atomic E-state index is -2.85. The summed E-state index contributed by atoms with van der Waals surface area (Å²) in [7, 11) is 3.03. The van der Waals surface area contributed by atoms with Crippen LogP contribution in [0.25, 0.3) is 0 Å². The lowest BCUT2D eigenvalue weighted by atomic mass is 9.85. The van der Waals surface area contributed by atoms with Crippen molar-refractivity contribution in [3.05, 3.63) is 35.9 Å². The molecular weight excluding hydrogens is 718 g/mol. The standard InChI is InChI=1S/C39H56F2N6O8/c1-37(2,3)31(45-36(54)55-38(4,5)6)35(53)47-21-23-18-39(16-17-39)19-24(23)29(47)32(50)43-25(14-15-26(40)41)30(49)33(51)42-20-27(48)44-28(34(52)46(7)8)22-12-10-9-11-13-22/h9-13,23-26,28-29,31H,14-21H2,1-8H3,(H,42,51)(H,43,50)(H,44,48)(H,45,54)/t23-,24-,25?,28-,29-,31+/m0/s1. The fraction of sp³-hybridized carbons (Fsp3) is 0.667. The van der Waals surface area contributed by atoms with Crippen LogP contribution in [0.5, 0.6) is 0 Å². The number of amides is 6. The molecule has 0 aromatic heterocycles. The quantitative estimate of drug-likeness (QED) is 0.208. The van der Waals surface area contributed by atoms with Crippen molar-refractivity contribution in [1.29, 1.82) is 0 Å². The molecule has 14 nitrogen and oxygen atoms in total. The molecule has 1 aromatic rings. The minimum Gasteiger partial charge on any atom is -0.444 e. The Kier molecular flexibility index (Phi) is 13.3. The number of alkyl carbamates (subject to hydrolysis) is 1. The average Bonchev–Trinajstić information content (AvgIpc) is 3.63. The lowest BCUT2D eigenvalue weighted by Crippen LogP contribution is -2.60. The number of carbonyl (C=O) groups excluding carboxylic acids is 7. The van der Waals surface area contributed by atoms with Gasteiger partial charge in [-0.25, -0.2) is 13.6 Å². The molecule has 4 rings (SSSR count). The van der Waals surface area contributed by atoms with Crippen LogP contribution in [-0.4, -0.2) is 109 Å². The van der Waals surface area contributed by atoms with E-state index in [1.807, 2.05) is 0 Å². The molecule has 3 fully saturated rings. The summed E-state index contributed by atoms with van der Waals surface area (Å²) in [5, 5.41) is 9.92. The smallest absolute Gasteiger partial charge is 0.408 e. The SMILES string of the molecule is CN(C)C(=O)[C@@H](NC(=O)CNC(=O)C(=O)C(CCC(F)F)NC(=O)[C@@H]1[C@H]2CC3(CC3)C[C@H]2CN1C(=O)[C@@H](NC(=O)OC(C)(C)C)C(C)(C)C)c1ccccc1. The van der Waals surface area contributed by atoms with Crippen LogP contribution in [-0.2, 0) is 33.5 Å². The maximum absolute atomic E-state index is 14.3. The summed E-state index contributed by atoms with van der Waals surface area (Å²) in [5.41, 5.74) is -1.10. The molecule has 6 atom stereocenters. The topological polar surface area (TPSA) is 183 Å². The Labute approximate surface area is 321 Å². The highest BCUT2D eigenvalue weighted by Crippen LogP contribution is 2.64. The molecule has 304 valence electrons. The molecule has 1 aliphatic heterocycles. The molecule has 55 heavy (non-hydrogen) atoms. The monoisotopic (exact) mass is 774 g/mol. The number of hydrogen-bond acceptors (Lipinski definition) is 8. The van der Waals surface area contributed by atoms with Gasteiger partial charge in [0.1, 0.15) is 23.7 Å².